The van der Waals surface area contributed by atoms with E-state index in [0.717, 1.165) is 12.8 Å². The van der Waals surface area contributed by atoms with Crippen LogP contribution in [0.4, 0.5) is 0 Å². The Kier molecular flexibility index (Phi) is 12.1. The molecule has 0 fully saturated rings. The molecule has 1 aromatic rings. The highest BCUT2D eigenvalue weighted by molar-refractivity contribution is 7.12. The van der Waals surface area contributed by atoms with Crippen molar-refractivity contribution >= 4 is 23.2 Å². The first kappa shape index (κ1) is 20.7. The fourth-order valence-electron chi connectivity index (χ4n) is 2.61. The third-order valence-corrected chi connectivity index (χ3v) is 4.94. The summed E-state index contributed by atoms with van der Waals surface area (Å²) in [5.74, 6) is -0.367. The molecule has 1 aromatic heterocycles. The average molecular weight is 353 g/mol. The van der Waals surface area contributed by atoms with Gasteiger partial charge in [-0.15, -0.1) is 11.3 Å². The molecule has 2 amide bonds. The summed E-state index contributed by atoms with van der Waals surface area (Å²) in [5.41, 5.74) is 4.92. The Balaban J connectivity index is 1.87. The maximum atomic E-state index is 11.7. The van der Waals surface area contributed by atoms with Crippen LogP contribution in [0.2, 0.25) is 0 Å². The third-order valence-electron chi connectivity index (χ3n) is 4.07. The second-order valence-corrected chi connectivity index (χ2v) is 7.21. The number of unbranched alkanes of at least 4 members (excludes halogenated alkanes) is 10. The minimum absolute atomic E-state index is 0.115. The first-order valence-corrected chi connectivity index (χ1v) is 10.2. The van der Waals surface area contributed by atoms with Crippen LogP contribution >= 0.6 is 11.3 Å². The van der Waals surface area contributed by atoms with E-state index in [1.54, 1.807) is 6.07 Å². The molecule has 0 aliphatic carbocycles. The lowest BCUT2D eigenvalue weighted by Crippen LogP contribution is -2.41. The molecule has 5 heteroatoms. The Labute approximate surface area is 150 Å². The van der Waals surface area contributed by atoms with Gasteiger partial charge in [-0.25, -0.2) is 0 Å². The van der Waals surface area contributed by atoms with Gasteiger partial charge in [-0.1, -0.05) is 77.2 Å². The molecule has 0 spiro atoms. The van der Waals surface area contributed by atoms with Crippen molar-refractivity contribution in [3.8, 4) is 0 Å². The van der Waals surface area contributed by atoms with Gasteiger partial charge in [0, 0.05) is 6.42 Å². The molecule has 0 saturated carbocycles. The summed E-state index contributed by atoms with van der Waals surface area (Å²) in [6, 6.07) is 3.54. The SMILES string of the molecule is CCCCCCCCCCCCCC(=O)NNC(=O)c1cccs1. The fourth-order valence-corrected chi connectivity index (χ4v) is 3.23. The van der Waals surface area contributed by atoms with Crippen molar-refractivity contribution in [1.29, 1.82) is 0 Å². The highest BCUT2D eigenvalue weighted by Crippen LogP contribution is 2.12. The number of amides is 2. The minimum Gasteiger partial charge on any atom is -0.273 e. The topological polar surface area (TPSA) is 58.2 Å². The first-order valence-electron chi connectivity index (χ1n) is 9.36. The molecule has 0 aliphatic heterocycles. The summed E-state index contributed by atoms with van der Waals surface area (Å²) in [4.78, 5) is 23.9. The van der Waals surface area contributed by atoms with Crippen molar-refractivity contribution in [1.82, 2.24) is 10.9 Å². The molecular formula is C19H32N2O2S. The molecule has 0 atom stereocenters. The van der Waals surface area contributed by atoms with Crippen molar-refractivity contribution in [3.63, 3.8) is 0 Å². The number of nitrogens with one attached hydrogen (secondary N) is 2. The van der Waals surface area contributed by atoms with E-state index in [1.807, 2.05) is 11.4 Å². The van der Waals surface area contributed by atoms with Gasteiger partial charge in [0.1, 0.15) is 0 Å². The molecule has 0 bridgehead atoms. The molecule has 0 saturated heterocycles. The standard InChI is InChI=1S/C19H32N2O2S/c1-2-3-4-5-6-7-8-9-10-11-12-15-18(22)20-21-19(23)17-14-13-16-24-17/h13-14,16H,2-12,15H2,1H3,(H,20,22)(H,21,23). The van der Waals surface area contributed by atoms with Gasteiger partial charge in [0.05, 0.1) is 4.88 Å². The Bertz CT molecular complexity index is 446. The molecular weight excluding hydrogens is 320 g/mol. The van der Waals surface area contributed by atoms with Gasteiger partial charge in [-0.3, -0.25) is 20.4 Å². The molecule has 4 nitrogen and oxygen atoms in total. The summed E-state index contributed by atoms with van der Waals surface area (Å²) < 4.78 is 0. The number of hydrogen-bond donors (Lipinski definition) is 2. The number of carbonyl (C=O) groups is 2. The van der Waals surface area contributed by atoms with Crippen LogP contribution in [-0.4, -0.2) is 11.8 Å². The van der Waals surface area contributed by atoms with Crippen molar-refractivity contribution in [2.45, 2.75) is 84.0 Å². The lowest BCUT2D eigenvalue weighted by atomic mass is 10.1. The molecule has 24 heavy (non-hydrogen) atoms. The Morgan fingerprint density at radius 1 is 0.875 bits per heavy atom. The van der Waals surface area contributed by atoms with E-state index in [9.17, 15) is 9.59 Å². The zero-order valence-corrected chi connectivity index (χ0v) is 15.8. The third kappa shape index (κ3) is 10.4. The number of carbonyl (C=O) groups excluding carboxylic acids is 2. The predicted molar refractivity (Wildman–Crippen MR) is 101 cm³/mol. The maximum absolute atomic E-state index is 11.7. The molecule has 136 valence electrons. The van der Waals surface area contributed by atoms with Crippen LogP contribution in [0.5, 0.6) is 0 Å². The van der Waals surface area contributed by atoms with Gasteiger partial charge in [0.25, 0.3) is 5.91 Å². The van der Waals surface area contributed by atoms with E-state index in [2.05, 4.69) is 17.8 Å². The Morgan fingerprint density at radius 2 is 1.46 bits per heavy atom. The molecule has 0 aliphatic rings. The summed E-state index contributed by atoms with van der Waals surface area (Å²) >= 11 is 1.36. The molecule has 0 unspecified atom stereocenters. The largest absolute Gasteiger partial charge is 0.279 e. The van der Waals surface area contributed by atoms with E-state index in [-0.39, 0.29) is 11.8 Å². The smallest absolute Gasteiger partial charge is 0.273 e. The van der Waals surface area contributed by atoms with Gasteiger partial charge in [-0.2, -0.15) is 0 Å². The van der Waals surface area contributed by atoms with Crippen LogP contribution in [0, 0.1) is 0 Å². The normalized spacial score (nSPS) is 10.5. The summed E-state index contributed by atoms with van der Waals surface area (Å²) in [5, 5.41) is 1.84. The number of hydrogen-bond acceptors (Lipinski definition) is 3. The van der Waals surface area contributed by atoms with Crippen molar-refractivity contribution < 1.29 is 9.59 Å². The fraction of sp³-hybridized carbons (Fsp3) is 0.684. The van der Waals surface area contributed by atoms with Crippen LogP contribution in [0.25, 0.3) is 0 Å². The molecule has 1 rings (SSSR count). The zero-order valence-electron chi connectivity index (χ0n) is 14.9. The van der Waals surface area contributed by atoms with Crippen molar-refractivity contribution in [2.75, 3.05) is 0 Å². The summed E-state index contributed by atoms with van der Waals surface area (Å²) in [6.07, 6.45) is 14.4. The highest BCUT2D eigenvalue weighted by Gasteiger charge is 2.07. The monoisotopic (exact) mass is 352 g/mol. The number of thiophene rings is 1. The van der Waals surface area contributed by atoms with E-state index >= 15 is 0 Å². The van der Waals surface area contributed by atoms with E-state index in [0.29, 0.717) is 11.3 Å². The zero-order chi connectivity index (χ0) is 17.5. The minimum atomic E-state index is -0.253. The molecule has 0 radical (unpaired) electrons. The van der Waals surface area contributed by atoms with Crippen LogP contribution in [0.1, 0.15) is 93.6 Å². The predicted octanol–water partition coefficient (Wildman–Crippen LogP) is 5.21. The lowest BCUT2D eigenvalue weighted by molar-refractivity contribution is -0.121. The lowest BCUT2D eigenvalue weighted by Gasteiger charge is -2.06. The van der Waals surface area contributed by atoms with Gasteiger partial charge >= 0.3 is 0 Å². The van der Waals surface area contributed by atoms with Crippen LogP contribution in [0.3, 0.4) is 0 Å². The average Bonchev–Trinajstić information content (AvgIpc) is 3.12. The molecule has 1 heterocycles. The number of rotatable bonds is 13. The van der Waals surface area contributed by atoms with E-state index in [4.69, 9.17) is 0 Å². The summed E-state index contributed by atoms with van der Waals surface area (Å²) in [6.45, 7) is 2.25. The van der Waals surface area contributed by atoms with Crippen molar-refractivity contribution in [3.05, 3.63) is 22.4 Å². The van der Waals surface area contributed by atoms with Crippen LogP contribution in [0.15, 0.2) is 17.5 Å². The van der Waals surface area contributed by atoms with Gasteiger partial charge in [0.15, 0.2) is 0 Å². The summed E-state index contributed by atoms with van der Waals surface area (Å²) in [7, 11) is 0. The second-order valence-electron chi connectivity index (χ2n) is 6.27. The Morgan fingerprint density at radius 3 is 2.00 bits per heavy atom. The Hall–Kier alpha value is -1.36. The number of hydrazine groups is 1. The van der Waals surface area contributed by atoms with Crippen molar-refractivity contribution in [2.24, 2.45) is 0 Å². The van der Waals surface area contributed by atoms with E-state index < -0.39 is 0 Å². The quantitative estimate of drug-likeness (QED) is 0.378. The molecule has 2 N–H and O–H groups in total. The maximum Gasteiger partial charge on any atom is 0.279 e. The van der Waals surface area contributed by atoms with Crippen LogP contribution < -0.4 is 10.9 Å². The van der Waals surface area contributed by atoms with Gasteiger partial charge in [0.2, 0.25) is 5.91 Å². The first-order chi connectivity index (χ1) is 11.7. The van der Waals surface area contributed by atoms with E-state index in [1.165, 1.54) is 69.1 Å². The molecule has 0 aromatic carbocycles. The van der Waals surface area contributed by atoms with Gasteiger partial charge < -0.3 is 0 Å². The van der Waals surface area contributed by atoms with Crippen LogP contribution in [-0.2, 0) is 4.79 Å². The highest BCUT2D eigenvalue weighted by atomic mass is 32.1. The van der Waals surface area contributed by atoms with Gasteiger partial charge in [-0.05, 0) is 17.9 Å². The second kappa shape index (κ2) is 14.0.